The molecule has 5 nitrogen and oxygen atoms in total. The van der Waals surface area contributed by atoms with E-state index in [1.54, 1.807) is 11.3 Å². The fraction of sp³-hybridized carbons (Fsp3) is 0.476. The topological polar surface area (TPSA) is 59.6 Å². The Morgan fingerprint density at radius 2 is 1.96 bits per heavy atom. The Morgan fingerprint density at radius 3 is 2.78 bits per heavy atom. The van der Waals surface area contributed by atoms with E-state index in [-0.39, 0.29) is 18.9 Å². The molecule has 0 spiro atoms. The van der Waals surface area contributed by atoms with Crippen LogP contribution in [0.15, 0.2) is 18.2 Å². The molecule has 2 aromatic rings. The Balaban J connectivity index is 1.45. The highest BCUT2D eigenvalue weighted by Gasteiger charge is 2.36. The van der Waals surface area contributed by atoms with Gasteiger partial charge in [0.05, 0.1) is 5.56 Å². The van der Waals surface area contributed by atoms with Crippen LogP contribution in [-0.4, -0.2) is 12.7 Å². The molecular weight excluding hydrogens is 360 g/mol. The highest BCUT2D eigenvalue weighted by Crippen LogP contribution is 2.46. The van der Waals surface area contributed by atoms with Crippen molar-refractivity contribution >= 4 is 22.2 Å². The molecule has 1 aromatic carbocycles. The first-order valence-electron chi connectivity index (χ1n) is 9.51. The summed E-state index contributed by atoms with van der Waals surface area (Å²) in [5, 5.41) is 7.65. The number of hydrogen-bond donors (Lipinski definition) is 2. The molecule has 1 aromatic heterocycles. The van der Waals surface area contributed by atoms with E-state index < -0.39 is 0 Å². The van der Waals surface area contributed by atoms with Crippen molar-refractivity contribution in [2.45, 2.75) is 46.2 Å². The van der Waals surface area contributed by atoms with E-state index in [0.29, 0.717) is 11.3 Å². The van der Waals surface area contributed by atoms with Crippen molar-refractivity contribution in [3.8, 4) is 11.5 Å². The van der Waals surface area contributed by atoms with Gasteiger partial charge < -0.3 is 20.1 Å². The number of fused-ring (bicyclic) bond motifs is 4. The molecule has 0 bridgehead atoms. The van der Waals surface area contributed by atoms with Gasteiger partial charge in [0, 0.05) is 4.88 Å². The number of carbonyl (C=O) groups excluding carboxylic acids is 1. The van der Waals surface area contributed by atoms with Crippen LogP contribution in [0.25, 0.3) is 0 Å². The molecule has 1 aliphatic carbocycles. The van der Waals surface area contributed by atoms with Gasteiger partial charge in [0.15, 0.2) is 11.5 Å². The van der Waals surface area contributed by atoms with E-state index in [2.05, 4.69) is 31.4 Å². The summed E-state index contributed by atoms with van der Waals surface area (Å²) in [5.74, 6) is 2.17. The number of ether oxygens (including phenoxy) is 2. The van der Waals surface area contributed by atoms with Gasteiger partial charge in [0.1, 0.15) is 11.2 Å². The molecule has 3 heterocycles. The van der Waals surface area contributed by atoms with Crippen LogP contribution in [0.3, 0.4) is 0 Å². The number of rotatable bonds is 1. The van der Waals surface area contributed by atoms with Gasteiger partial charge in [-0.15, -0.1) is 11.3 Å². The van der Waals surface area contributed by atoms with Gasteiger partial charge >= 0.3 is 0 Å². The maximum atomic E-state index is 12.9. The molecule has 2 N–H and O–H groups in total. The summed E-state index contributed by atoms with van der Waals surface area (Å²) in [6, 6.07) is 5.81. The zero-order valence-electron chi connectivity index (χ0n) is 15.8. The van der Waals surface area contributed by atoms with Crippen molar-refractivity contribution < 1.29 is 14.3 Å². The largest absolute Gasteiger partial charge is 0.454 e. The number of hydrogen-bond acceptors (Lipinski definition) is 5. The molecule has 3 aliphatic rings. The summed E-state index contributed by atoms with van der Waals surface area (Å²) in [4.78, 5) is 14.3. The van der Waals surface area contributed by atoms with Crippen molar-refractivity contribution in [1.82, 2.24) is 5.32 Å². The van der Waals surface area contributed by atoms with Crippen molar-refractivity contribution in [3.05, 3.63) is 39.8 Å². The second-order valence-electron chi connectivity index (χ2n) is 8.68. The highest BCUT2D eigenvalue weighted by molar-refractivity contribution is 7.16. The highest BCUT2D eigenvalue weighted by atomic mass is 32.1. The van der Waals surface area contributed by atoms with Gasteiger partial charge in [-0.1, -0.05) is 26.8 Å². The Kier molecular flexibility index (Phi) is 3.69. The Morgan fingerprint density at radius 1 is 1.15 bits per heavy atom. The summed E-state index contributed by atoms with van der Waals surface area (Å²) in [7, 11) is 0. The monoisotopic (exact) mass is 384 g/mol. The van der Waals surface area contributed by atoms with Gasteiger partial charge in [-0.25, -0.2) is 0 Å². The molecule has 0 saturated carbocycles. The third-order valence-corrected chi connectivity index (χ3v) is 7.18. The quantitative estimate of drug-likeness (QED) is 0.761. The molecule has 2 atom stereocenters. The van der Waals surface area contributed by atoms with Crippen LogP contribution in [0.1, 0.15) is 59.7 Å². The summed E-state index contributed by atoms with van der Waals surface area (Å²) in [6.45, 7) is 7.20. The number of nitrogens with one attached hydrogen (secondary N) is 2. The first-order chi connectivity index (χ1) is 12.9. The average Bonchev–Trinajstić information content (AvgIpc) is 3.23. The third-order valence-electron chi connectivity index (χ3n) is 6.00. The summed E-state index contributed by atoms with van der Waals surface area (Å²) < 4.78 is 10.9. The lowest BCUT2D eigenvalue weighted by atomic mass is 9.72. The van der Waals surface area contributed by atoms with E-state index in [1.165, 1.54) is 10.4 Å². The Bertz CT molecular complexity index is 928. The lowest BCUT2D eigenvalue weighted by molar-refractivity contribution is 0.0934. The van der Waals surface area contributed by atoms with Crippen LogP contribution in [0.5, 0.6) is 11.5 Å². The lowest BCUT2D eigenvalue weighted by Gasteiger charge is -2.34. The Hall–Kier alpha value is -2.21. The third kappa shape index (κ3) is 2.78. The van der Waals surface area contributed by atoms with Gasteiger partial charge in [-0.05, 0) is 53.9 Å². The van der Waals surface area contributed by atoms with Crippen LogP contribution in [0, 0.1) is 11.3 Å². The minimum atomic E-state index is -0.252. The van der Waals surface area contributed by atoms with Crippen LogP contribution < -0.4 is 20.1 Å². The summed E-state index contributed by atoms with van der Waals surface area (Å²) in [5.41, 5.74) is 3.38. The molecule has 0 radical (unpaired) electrons. The number of amides is 1. The average molecular weight is 385 g/mol. The minimum Gasteiger partial charge on any atom is -0.454 e. The standard InChI is InChI=1S/C21H24N2O3S/c1-21(2,3)12-5-6-13-16(9-12)27-20-17(13)19(24)22-18(23-20)11-4-7-14-15(8-11)26-10-25-14/h4,7-8,12,18,23H,5-6,9-10H2,1-3H3,(H,22,24)/t12-,18-/m1/s1. The molecule has 27 heavy (non-hydrogen) atoms. The molecule has 142 valence electrons. The van der Waals surface area contributed by atoms with Crippen molar-refractivity contribution in [2.75, 3.05) is 12.1 Å². The summed E-state index contributed by atoms with van der Waals surface area (Å²) >= 11 is 1.76. The number of thiophene rings is 1. The van der Waals surface area contributed by atoms with Crippen LogP contribution in [0.2, 0.25) is 0 Å². The smallest absolute Gasteiger partial charge is 0.256 e. The van der Waals surface area contributed by atoms with Crippen molar-refractivity contribution in [1.29, 1.82) is 0 Å². The maximum absolute atomic E-state index is 12.9. The van der Waals surface area contributed by atoms with Gasteiger partial charge in [0.2, 0.25) is 6.79 Å². The van der Waals surface area contributed by atoms with Crippen molar-refractivity contribution in [2.24, 2.45) is 11.3 Å². The van der Waals surface area contributed by atoms with E-state index in [1.807, 2.05) is 18.2 Å². The molecule has 1 amide bonds. The predicted molar refractivity (Wildman–Crippen MR) is 106 cm³/mol. The fourth-order valence-electron chi connectivity index (χ4n) is 4.30. The van der Waals surface area contributed by atoms with E-state index in [9.17, 15) is 4.79 Å². The van der Waals surface area contributed by atoms with E-state index in [0.717, 1.165) is 46.9 Å². The lowest BCUT2D eigenvalue weighted by Crippen LogP contribution is -2.38. The second-order valence-corrected chi connectivity index (χ2v) is 9.78. The zero-order chi connectivity index (χ0) is 18.8. The molecule has 0 fully saturated rings. The Labute approximate surface area is 163 Å². The van der Waals surface area contributed by atoms with E-state index in [4.69, 9.17) is 9.47 Å². The zero-order valence-corrected chi connectivity index (χ0v) is 16.7. The SMILES string of the molecule is CC(C)(C)[C@@H]1CCc2c(sc3c2C(=O)N[C@@H](c2ccc4c(c2)OCO4)N3)C1. The number of anilines is 1. The van der Waals surface area contributed by atoms with E-state index >= 15 is 0 Å². The summed E-state index contributed by atoms with van der Waals surface area (Å²) in [6.07, 6.45) is 2.96. The normalized spacial score (nSPS) is 23.3. The molecule has 2 aliphatic heterocycles. The van der Waals surface area contributed by atoms with Gasteiger partial charge in [-0.2, -0.15) is 0 Å². The van der Waals surface area contributed by atoms with Gasteiger partial charge in [0.25, 0.3) is 5.91 Å². The van der Waals surface area contributed by atoms with Crippen molar-refractivity contribution in [3.63, 3.8) is 0 Å². The van der Waals surface area contributed by atoms with Gasteiger partial charge in [-0.3, -0.25) is 4.79 Å². The predicted octanol–water partition coefficient (Wildman–Crippen LogP) is 4.48. The van der Waals surface area contributed by atoms with Crippen LogP contribution >= 0.6 is 11.3 Å². The van der Waals surface area contributed by atoms with Crippen LogP contribution in [-0.2, 0) is 12.8 Å². The fourth-order valence-corrected chi connectivity index (χ4v) is 5.65. The molecule has 6 heteroatoms. The molecule has 0 unspecified atom stereocenters. The first-order valence-corrected chi connectivity index (χ1v) is 10.3. The molecule has 0 saturated heterocycles. The molecule has 5 rings (SSSR count). The maximum Gasteiger partial charge on any atom is 0.256 e. The first kappa shape index (κ1) is 16.9. The number of benzene rings is 1. The van der Waals surface area contributed by atoms with Crippen LogP contribution in [0.4, 0.5) is 5.00 Å². The molecular formula is C21H24N2O3S. The minimum absolute atomic E-state index is 0.0260. The number of carbonyl (C=O) groups is 1. The second kappa shape index (κ2) is 5.89.